The molecular weight excluding hydrogens is 310 g/mol. The Bertz CT molecular complexity index is 626. The molecule has 0 amide bonds. The Kier molecular flexibility index (Phi) is 5.12. The van der Waals surface area contributed by atoms with E-state index in [0.29, 0.717) is 6.54 Å². The Morgan fingerprint density at radius 1 is 1.35 bits per heavy atom. The van der Waals surface area contributed by atoms with E-state index in [1.54, 1.807) is 17.7 Å². The van der Waals surface area contributed by atoms with Crippen LogP contribution in [-0.2, 0) is 13.6 Å². The van der Waals surface area contributed by atoms with E-state index >= 15 is 0 Å². The van der Waals surface area contributed by atoms with Crippen molar-refractivity contribution in [2.75, 3.05) is 37.6 Å². The van der Waals surface area contributed by atoms with Crippen LogP contribution in [0.2, 0.25) is 0 Å². The predicted molar refractivity (Wildman–Crippen MR) is 93.9 cm³/mol. The minimum atomic E-state index is 0.546. The van der Waals surface area contributed by atoms with E-state index in [1.807, 2.05) is 11.6 Å². The number of anilines is 1. The number of aliphatic imine (C=N–C) groups is 1. The van der Waals surface area contributed by atoms with Crippen molar-refractivity contribution in [3.8, 4) is 0 Å². The lowest BCUT2D eigenvalue weighted by Gasteiger charge is -2.37. The van der Waals surface area contributed by atoms with Crippen LogP contribution in [0.5, 0.6) is 0 Å². The molecular formula is C15H23N7S. The molecule has 0 atom stereocenters. The van der Waals surface area contributed by atoms with Crippen LogP contribution in [0.3, 0.4) is 0 Å². The number of rotatable bonds is 4. The van der Waals surface area contributed by atoms with Crippen molar-refractivity contribution < 1.29 is 0 Å². The first-order valence-corrected chi connectivity index (χ1v) is 8.80. The maximum Gasteiger partial charge on any atom is 0.194 e. The van der Waals surface area contributed by atoms with Gasteiger partial charge in [0.1, 0.15) is 12.9 Å². The Hall–Kier alpha value is -2.09. The number of guanidine groups is 1. The van der Waals surface area contributed by atoms with Crippen molar-refractivity contribution in [1.29, 1.82) is 0 Å². The molecule has 2 aromatic heterocycles. The van der Waals surface area contributed by atoms with Gasteiger partial charge in [0.2, 0.25) is 0 Å². The fourth-order valence-electron chi connectivity index (χ4n) is 2.61. The zero-order chi connectivity index (χ0) is 16.1. The Morgan fingerprint density at radius 3 is 2.78 bits per heavy atom. The summed E-state index contributed by atoms with van der Waals surface area (Å²) in [5, 5.41) is 14.9. The first-order chi connectivity index (χ1) is 11.3. The highest BCUT2D eigenvalue weighted by molar-refractivity contribution is 7.14. The van der Waals surface area contributed by atoms with Gasteiger partial charge in [-0.3, -0.25) is 0 Å². The zero-order valence-corrected chi connectivity index (χ0v) is 14.5. The lowest BCUT2D eigenvalue weighted by atomic mass is 10.3. The van der Waals surface area contributed by atoms with Gasteiger partial charge in [0.25, 0.3) is 0 Å². The van der Waals surface area contributed by atoms with Crippen molar-refractivity contribution in [3.63, 3.8) is 0 Å². The van der Waals surface area contributed by atoms with Crippen LogP contribution >= 0.6 is 11.3 Å². The van der Waals surface area contributed by atoms with Gasteiger partial charge in [-0.2, -0.15) is 0 Å². The molecule has 3 heterocycles. The first-order valence-electron chi connectivity index (χ1n) is 7.92. The number of hydrogen-bond donors (Lipinski definition) is 1. The fourth-order valence-corrected chi connectivity index (χ4v) is 3.40. The van der Waals surface area contributed by atoms with E-state index in [-0.39, 0.29) is 0 Å². The highest BCUT2D eigenvalue weighted by atomic mass is 32.1. The quantitative estimate of drug-likeness (QED) is 0.672. The molecule has 0 aromatic carbocycles. The van der Waals surface area contributed by atoms with E-state index in [4.69, 9.17) is 4.99 Å². The number of nitrogens with zero attached hydrogens (tertiary/aromatic N) is 6. The van der Waals surface area contributed by atoms with Crippen LogP contribution in [-0.4, -0.2) is 58.3 Å². The molecule has 1 saturated heterocycles. The van der Waals surface area contributed by atoms with Crippen molar-refractivity contribution in [2.45, 2.75) is 13.5 Å². The Morgan fingerprint density at radius 2 is 2.17 bits per heavy atom. The molecule has 0 aliphatic carbocycles. The summed E-state index contributed by atoms with van der Waals surface area (Å²) in [6.07, 6.45) is 1.71. The Labute approximate surface area is 140 Å². The number of thiophene rings is 1. The SMILES string of the molecule is CCNC(=NCc1nncn1C)N1CCN(c2cccs2)CC1. The average Bonchev–Trinajstić information content (AvgIpc) is 3.24. The summed E-state index contributed by atoms with van der Waals surface area (Å²) in [5.41, 5.74) is 0. The molecule has 0 spiro atoms. The topological polar surface area (TPSA) is 61.6 Å². The lowest BCUT2D eigenvalue weighted by molar-refractivity contribution is 0.373. The van der Waals surface area contributed by atoms with Gasteiger partial charge in [-0.05, 0) is 24.4 Å². The number of hydrogen-bond acceptors (Lipinski definition) is 5. The summed E-state index contributed by atoms with van der Waals surface area (Å²) < 4.78 is 1.90. The zero-order valence-electron chi connectivity index (χ0n) is 13.6. The van der Waals surface area contributed by atoms with E-state index in [0.717, 1.165) is 44.5 Å². The normalized spacial score (nSPS) is 16.0. The van der Waals surface area contributed by atoms with Gasteiger partial charge in [0.05, 0.1) is 5.00 Å². The van der Waals surface area contributed by atoms with E-state index in [2.05, 4.69) is 49.8 Å². The molecule has 8 heteroatoms. The van der Waals surface area contributed by atoms with Crippen LogP contribution in [0.15, 0.2) is 28.8 Å². The van der Waals surface area contributed by atoms with Crippen LogP contribution < -0.4 is 10.2 Å². The number of aryl methyl sites for hydroxylation is 1. The number of aromatic nitrogens is 3. The van der Waals surface area contributed by atoms with Gasteiger partial charge in [0, 0.05) is 39.8 Å². The van der Waals surface area contributed by atoms with Crippen molar-refractivity contribution in [2.24, 2.45) is 12.0 Å². The molecule has 7 nitrogen and oxygen atoms in total. The van der Waals surface area contributed by atoms with Crippen molar-refractivity contribution in [3.05, 3.63) is 29.7 Å². The van der Waals surface area contributed by atoms with Gasteiger partial charge in [0.15, 0.2) is 11.8 Å². The highest BCUT2D eigenvalue weighted by Crippen LogP contribution is 2.22. The predicted octanol–water partition coefficient (Wildman–Crippen LogP) is 1.16. The fraction of sp³-hybridized carbons (Fsp3) is 0.533. The number of piperazine rings is 1. The van der Waals surface area contributed by atoms with E-state index in [1.165, 1.54) is 5.00 Å². The van der Waals surface area contributed by atoms with Gasteiger partial charge in [-0.25, -0.2) is 4.99 Å². The maximum absolute atomic E-state index is 4.72. The number of nitrogens with one attached hydrogen (secondary N) is 1. The summed E-state index contributed by atoms with van der Waals surface area (Å²) in [5.74, 6) is 1.83. The third kappa shape index (κ3) is 3.82. The maximum atomic E-state index is 4.72. The standard InChI is InChI=1S/C15H23N7S/c1-3-16-15(17-11-13-19-18-12-20(13)2)22-8-6-21(7-9-22)14-5-4-10-23-14/h4-5,10,12H,3,6-9,11H2,1-2H3,(H,16,17). The molecule has 124 valence electrons. The Balaban J connectivity index is 1.62. The molecule has 0 radical (unpaired) electrons. The van der Waals surface area contributed by atoms with Crippen molar-refractivity contribution in [1.82, 2.24) is 25.0 Å². The lowest BCUT2D eigenvalue weighted by Crippen LogP contribution is -2.52. The van der Waals surface area contributed by atoms with E-state index < -0.39 is 0 Å². The third-order valence-corrected chi connectivity index (χ3v) is 4.84. The molecule has 1 fully saturated rings. The van der Waals surface area contributed by atoms with Gasteiger partial charge < -0.3 is 19.7 Å². The second kappa shape index (κ2) is 7.45. The molecule has 0 unspecified atom stereocenters. The molecule has 2 aromatic rings. The van der Waals surface area contributed by atoms with Crippen LogP contribution in [0, 0.1) is 0 Å². The average molecular weight is 333 g/mol. The first kappa shape index (κ1) is 15.8. The second-order valence-electron chi connectivity index (χ2n) is 5.45. The van der Waals surface area contributed by atoms with Crippen LogP contribution in [0.1, 0.15) is 12.7 Å². The molecule has 1 N–H and O–H groups in total. The molecule has 1 aliphatic heterocycles. The highest BCUT2D eigenvalue weighted by Gasteiger charge is 2.20. The minimum absolute atomic E-state index is 0.546. The summed E-state index contributed by atoms with van der Waals surface area (Å²) >= 11 is 1.80. The van der Waals surface area contributed by atoms with E-state index in [9.17, 15) is 0 Å². The van der Waals surface area contributed by atoms with Gasteiger partial charge in [-0.15, -0.1) is 21.5 Å². The largest absolute Gasteiger partial charge is 0.360 e. The summed E-state index contributed by atoms with van der Waals surface area (Å²) in [6.45, 7) is 7.50. The molecule has 3 rings (SSSR count). The summed E-state index contributed by atoms with van der Waals surface area (Å²) in [4.78, 5) is 9.48. The third-order valence-electron chi connectivity index (χ3n) is 3.91. The minimum Gasteiger partial charge on any atom is -0.360 e. The summed E-state index contributed by atoms with van der Waals surface area (Å²) in [7, 11) is 1.94. The summed E-state index contributed by atoms with van der Waals surface area (Å²) in [6, 6.07) is 4.30. The monoisotopic (exact) mass is 333 g/mol. The molecule has 1 aliphatic rings. The van der Waals surface area contributed by atoms with Crippen LogP contribution in [0.4, 0.5) is 5.00 Å². The molecule has 23 heavy (non-hydrogen) atoms. The van der Waals surface area contributed by atoms with Crippen molar-refractivity contribution >= 4 is 22.3 Å². The molecule has 0 bridgehead atoms. The second-order valence-corrected chi connectivity index (χ2v) is 6.38. The molecule has 0 saturated carbocycles. The van der Waals surface area contributed by atoms with Gasteiger partial charge >= 0.3 is 0 Å². The van der Waals surface area contributed by atoms with Crippen LogP contribution in [0.25, 0.3) is 0 Å². The smallest absolute Gasteiger partial charge is 0.194 e. The van der Waals surface area contributed by atoms with Gasteiger partial charge in [-0.1, -0.05) is 0 Å².